The van der Waals surface area contributed by atoms with Crippen LogP contribution in [0.5, 0.6) is 11.5 Å². The van der Waals surface area contributed by atoms with E-state index in [4.69, 9.17) is 9.47 Å². The number of carbonyl (C=O) groups excluding carboxylic acids is 2. The molecule has 0 aromatic heterocycles. The molecule has 0 amide bonds. The maximum atomic E-state index is 13.0. The van der Waals surface area contributed by atoms with E-state index in [0.29, 0.717) is 40.2 Å². The Balaban J connectivity index is 2.28. The van der Waals surface area contributed by atoms with Gasteiger partial charge in [-0.2, -0.15) is 0 Å². The molecule has 3 rings (SSSR count). The number of ketones is 2. The average molecular weight is 322 g/mol. The number of hydrogen-bond acceptors (Lipinski definition) is 4. The molecule has 0 spiro atoms. The SMILES string of the molecule is C=C(C)Cc1ccc2c(c1OC)C(=O)c1cccc(OC)c1C2=O. The van der Waals surface area contributed by atoms with Gasteiger partial charge in [-0.1, -0.05) is 30.4 Å². The summed E-state index contributed by atoms with van der Waals surface area (Å²) in [5, 5.41) is 0. The standard InChI is InChI=1S/C20H18O4/c1-11(2)10-12-8-9-14-17(20(12)24-4)19(22)13-6-5-7-15(23-3)16(13)18(14)21/h5-9H,1,10H2,2-4H3. The van der Waals surface area contributed by atoms with E-state index in [1.165, 1.54) is 14.2 Å². The van der Waals surface area contributed by atoms with Crippen LogP contribution in [0.1, 0.15) is 44.3 Å². The Morgan fingerprint density at radius 1 is 0.958 bits per heavy atom. The van der Waals surface area contributed by atoms with E-state index in [0.717, 1.165) is 11.1 Å². The highest BCUT2D eigenvalue weighted by molar-refractivity contribution is 6.30. The molecule has 2 aromatic rings. The van der Waals surface area contributed by atoms with E-state index in [9.17, 15) is 9.59 Å². The first-order valence-corrected chi connectivity index (χ1v) is 7.60. The van der Waals surface area contributed by atoms with Crippen LogP contribution in [-0.2, 0) is 6.42 Å². The number of hydrogen-bond donors (Lipinski definition) is 0. The maximum absolute atomic E-state index is 13.0. The number of rotatable bonds is 4. The monoisotopic (exact) mass is 322 g/mol. The number of allylic oxidation sites excluding steroid dienone is 1. The predicted molar refractivity (Wildman–Crippen MR) is 91.4 cm³/mol. The first-order chi connectivity index (χ1) is 11.5. The van der Waals surface area contributed by atoms with Gasteiger partial charge in [0.05, 0.1) is 25.3 Å². The molecule has 4 nitrogen and oxygen atoms in total. The lowest BCUT2D eigenvalue weighted by Gasteiger charge is -2.22. The van der Waals surface area contributed by atoms with Gasteiger partial charge in [-0.15, -0.1) is 0 Å². The molecule has 4 heteroatoms. The van der Waals surface area contributed by atoms with Crippen LogP contribution < -0.4 is 9.47 Å². The van der Waals surface area contributed by atoms with E-state index in [1.54, 1.807) is 24.3 Å². The summed E-state index contributed by atoms with van der Waals surface area (Å²) in [6, 6.07) is 8.54. The van der Waals surface area contributed by atoms with Crippen molar-refractivity contribution in [2.45, 2.75) is 13.3 Å². The predicted octanol–water partition coefficient (Wildman–Crippen LogP) is 3.60. The third-order valence-corrected chi connectivity index (χ3v) is 4.13. The Kier molecular flexibility index (Phi) is 3.97. The maximum Gasteiger partial charge on any atom is 0.198 e. The zero-order valence-electron chi connectivity index (χ0n) is 13.9. The number of carbonyl (C=O) groups is 2. The minimum atomic E-state index is -0.225. The van der Waals surface area contributed by atoms with Crippen molar-refractivity contribution in [3.8, 4) is 11.5 Å². The van der Waals surface area contributed by atoms with Crippen molar-refractivity contribution in [3.63, 3.8) is 0 Å². The van der Waals surface area contributed by atoms with E-state index < -0.39 is 0 Å². The smallest absolute Gasteiger partial charge is 0.198 e. The van der Waals surface area contributed by atoms with Crippen LogP contribution in [-0.4, -0.2) is 25.8 Å². The van der Waals surface area contributed by atoms with E-state index in [1.807, 2.05) is 13.0 Å². The number of benzene rings is 2. The van der Waals surface area contributed by atoms with Crippen molar-refractivity contribution in [3.05, 3.63) is 70.3 Å². The van der Waals surface area contributed by atoms with E-state index in [2.05, 4.69) is 6.58 Å². The quantitative estimate of drug-likeness (QED) is 0.689. The Bertz CT molecular complexity index is 877. The lowest BCUT2D eigenvalue weighted by atomic mass is 9.81. The highest BCUT2D eigenvalue weighted by atomic mass is 16.5. The molecule has 0 unspecified atom stereocenters. The van der Waals surface area contributed by atoms with Gasteiger partial charge in [-0.3, -0.25) is 9.59 Å². The van der Waals surface area contributed by atoms with Crippen molar-refractivity contribution in [1.29, 1.82) is 0 Å². The molecular formula is C20H18O4. The molecule has 122 valence electrons. The molecule has 0 atom stereocenters. The Morgan fingerprint density at radius 2 is 1.62 bits per heavy atom. The molecule has 2 aromatic carbocycles. The fourth-order valence-corrected chi connectivity index (χ4v) is 3.13. The molecule has 0 bridgehead atoms. The zero-order valence-corrected chi connectivity index (χ0v) is 13.9. The molecule has 0 heterocycles. The van der Waals surface area contributed by atoms with Gasteiger partial charge >= 0.3 is 0 Å². The van der Waals surface area contributed by atoms with Gasteiger partial charge in [0.1, 0.15) is 11.5 Å². The van der Waals surface area contributed by atoms with Crippen molar-refractivity contribution in [2.75, 3.05) is 14.2 Å². The molecule has 1 aliphatic carbocycles. The molecule has 0 N–H and O–H groups in total. The minimum absolute atomic E-state index is 0.223. The first kappa shape index (κ1) is 16.0. The van der Waals surface area contributed by atoms with Crippen molar-refractivity contribution >= 4 is 11.6 Å². The fourth-order valence-electron chi connectivity index (χ4n) is 3.13. The Labute approximate surface area is 140 Å². The number of fused-ring (bicyclic) bond motifs is 2. The molecule has 0 saturated carbocycles. The van der Waals surface area contributed by atoms with E-state index >= 15 is 0 Å². The summed E-state index contributed by atoms with van der Waals surface area (Å²) in [6.07, 6.45) is 0.586. The van der Waals surface area contributed by atoms with Crippen molar-refractivity contribution < 1.29 is 19.1 Å². The third kappa shape index (κ3) is 2.31. The zero-order chi connectivity index (χ0) is 17.4. The summed E-state index contributed by atoms with van der Waals surface area (Å²) in [7, 11) is 3.00. The fraction of sp³-hybridized carbons (Fsp3) is 0.200. The molecule has 0 saturated heterocycles. The second-order valence-electron chi connectivity index (χ2n) is 5.86. The lowest BCUT2D eigenvalue weighted by Crippen LogP contribution is -2.23. The molecular weight excluding hydrogens is 304 g/mol. The van der Waals surface area contributed by atoms with Gasteiger partial charge in [0, 0.05) is 11.1 Å². The number of ether oxygens (including phenoxy) is 2. The van der Waals surface area contributed by atoms with Crippen LogP contribution in [0.3, 0.4) is 0 Å². The average Bonchev–Trinajstić information content (AvgIpc) is 2.58. The van der Waals surface area contributed by atoms with E-state index in [-0.39, 0.29) is 11.6 Å². The summed E-state index contributed by atoms with van der Waals surface area (Å²) in [5.74, 6) is 0.403. The van der Waals surface area contributed by atoms with Crippen molar-refractivity contribution in [1.82, 2.24) is 0 Å². The van der Waals surface area contributed by atoms with Gasteiger partial charge in [0.2, 0.25) is 0 Å². The van der Waals surface area contributed by atoms with Gasteiger partial charge in [0.25, 0.3) is 0 Å². The molecule has 0 radical (unpaired) electrons. The van der Waals surface area contributed by atoms with Crippen LogP contribution in [0, 0.1) is 0 Å². The lowest BCUT2D eigenvalue weighted by molar-refractivity contribution is 0.0974. The summed E-state index contributed by atoms with van der Waals surface area (Å²) in [5.41, 5.74) is 3.12. The van der Waals surface area contributed by atoms with Crippen LogP contribution in [0.2, 0.25) is 0 Å². The molecule has 1 aliphatic rings. The second-order valence-corrected chi connectivity index (χ2v) is 5.86. The molecule has 24 heavy (non-hydrogen) atoms. The summed E-state index contributed by atoms with van der Waals surface area (Å²) >= 11 is 0. The Morgan fingerprint density at radius 3 is 2.25 bits per heavy atom. The molecule has 0 fully saturated rings. The van der Waals surface area contributed by atoms with Gasteiger partial charge in [-0.05, 0) is 31.0 Å². The summed E-state index contributed by atoms with van der Waals surface area (Å²) in [6.45, 7) is 5.82. The van der Waals surface area contributed by atoms with Crippen LogP contribution in [0.15, 0.2) is 42.5 Å². The third-order valence-electron chi connectivity index (χ3n) is 4.13. The first-order valence-electron chi connectivity index (χ1n) is 7.60. The normalized spacial score (nSPS) is 12.5. The van der Waals surface area contributed by atoms with Crippen LogP contribution in [0.25, 0.3) is 0 Å². The van der Waals surface area contributed by atoms with Crippen LogP contribution >= 0.6 is 0 Å². The minimum Gasteiger partial charge on any atom is -0.496 e. The highest BCUT2D eigenvalue weighted by Crippen LogP contribution is 2.39. The largest absolute Gasteiger partial charge is 0.496 e. The Hall–Kier alpha value is -2.88. The highest BCUT2D eigenvalue weighted by Gasteiger charge is 2.35. The molecule has 0 aliphatic heterocycles. The topological polar surface area (TPSA) is 52.6 Å². The van der Waals surface area contributed by atoms with Gasteiger partial charge in [0.15, 0.2) is 11.6 Å². The van der Waals surface area contributed by atoms with Gasteiger partial charge < -0.3 is 9.47 Å². The van der Waals surface area contributed by atoms with Gasteiger partial charge in [-0.25, -0.2) is 0 Å². The van der Waals surface area contributed by atoms with Crippen LogP contribution in [0.4, 0.5) is 0 Å². The summed E-state index contributed by atoms with van der Waals surface area (Å²) in [4.78, 5) is 26.0. The number of methoxy groups -OCH3 is 2. The van der Waals surface area contributed by atoms with Crippen molar-refractivity contribution in [2.24, 2.45) is 0 Å². The second kappa shape index (κ2) is 5.96. The summed E-state index contributed by atoms with van der Waals surface area (Å²) < 4.78 is 10.8.